The Hall–Kier alpha value is -3.15. The summed E-state index contributed by atoms with van der Waals surface area (Å²) in [5, 5.41) is 5.30. The number of amides is 2. The summed E-state index contributed by atoms with van der Waals surface area (Å²) in [6.45, 7) is 1.27. The number of benzene rings is 2. The van der Waals surface area contributed by atoms with Crippen LogP contribution in [0.15, 0.2) is 53.4 Å². The van der Waals surface area contributed by atoms with Gasteiger partial charge in [0.15, 0.2) is 0 Å². The molecule has 134 valence electrons. The Morgan fingerprint density at radius 1 is 1.04 bits per heavy atom. The van der Waals surface area contributed by atoms with E-state index in [0.717, 1.165) is 0 Å². The third-order valence-corrected chi connectivity index (χ3v) is 4.65. The number of hydrogen-bond acceptors (Lipinski definition) is 4. The SMILES string of the molecule is C#CCNS(=O)(=O)c1ccc(C(=O)Nc2cccc(NC(C)=O)c2)cc1. The van der Waals surface area contributed by atoms with E-state index in [-0.39, 0.29) is 22.9 Å². The van der Waals surface area contributed by atoms with Crippen LogP contribution in [0.2, 0.25) is 0 Å². The first-order valence-corrected chi connectivity index (χ1v) is 9.02. The number of rotatable bonds is 6. The molecule has 2 aromatic carbocycles. The quantitative estimate of drug-likeness (QED) is 0.674. The normalized spacial score (nSPS) is 10.6. The first-order chi connectivity index (χ1) is 12.3. The van der Waals surface area contributed by atoms with E-state index in [2.05, 4.69) is 21.3 Å². The molecule has 0 aliphatic heterocycles. The van der Waals surface area contributed by atoms with Crippen molar-refractivity contribution in [1.82, 2.24) is 4.72 Å². The average molecular weight is 371 g/mol. The van der Waals surface area contributed by atoms with Gasteiger partial charge < -0.3 is 10.6 Å². The van der Waals surface area contributed by atoms with E-state index in [0.29, 0.717) is 11.4 Å². The summed E-state index contributed by atoms with van der Waals surface area (Å²) in [7, 11) is -3.71. The fourth-order valence-electron chi connectivity index (χ4n) is 2.09. The third-order valence-electron chi connectivity index (χ3n) is 3.23. The van der Waals surface area contributed by atoms with Crippen LogP contribution in [0.25, 0.3) is 0 Å². The predicted molar refractivity (Wildman–Crippen MR) is 99.2 cm³/mol. The maximum absolute atomic E-state index is 12.3. The van der Waals surface area contributed by atoms with Crippen LogP contribution < -0.4 is 15.4 Å². The molecule has 0 atom stereocenters. The lowest BCUT2D eigenvalue weighted by molar-refractivity contribution is -0.114. The van der Waals surface area contributed by atoms with Crippen LogP contribution in [0.4, 0.5) is 11.4 Å². The zero-order valence-electron chi connectivity index (χ0n) is 13.9. The molecule has 0 heterocycles. The molecule has 0 aliphatic rings. The second-order valence-corrected chi connectivity index (χ2v) is 7.04. The summed E-state index contributed by atoms with van der Waals surface area (Å²) in [6, 6.07) is 12.1. The molecule has 8 heteroatoms. The van der Waals surface area contributed by atoms with E-state index in [4.69, 9.17) is 6.42 Å². The van der Waals surface area contributed by atoms with E-state index in [1.807, 2.05) is 0 Å². The molecular formula is C18H17N3O4S. The Morgan fingerprint density at radius 3 is 2.23 bits per heavy atom. The highest BCUT2D eigenvalue weighted by Gasteiger charge is 2.14. The summed E-state index contributed by atoms with van der Waals surface area (Å²) in [4.78, 5) is 23.4. The monoisotopic (exact) mass is 371 g/mol. The number of carbonyl (C=O) groups is 2. The molecule has 2 aromatic rings. The van der Waals surface area contributed by atoms with Crippen molar-refractivity contribution in [2.45, 2.75) is 11.8 Å². The van der Waals surface area contributed by atoms with Crippen molar-refractivity contribution >= 4 is 33.2 Å². The van der Waals surface area contributed by atoms with E-state index in [1.54, 1.807) is 24.3 Å². The predicted octanol–water partition coefficient (Wildman–Crippen LogP) is 1.81. The van der Waals surface area contributed by atoms with Crippen molar-refractivity contribution in [3.05, 3.63) is 54.1 Å². The Balaban J connectivity index is 2.11. The molecule has 0 radical (unpaired) electrons. The standard InChI is InChI=1S/C18H17N3O4S/c1-3-11-19-26(24,25)17-9-7-14(8-10-17)18(23)21-16-6-4-5-15(12-16)20-13(2)22/h1,4-10,12,19H,11H2,2H3,(H,20,22)(H,21,23). The topological polar surface area (TPSA) is 104 Å². The first-order valence-electron chi connectivity index (χ1n) is 7.54. The second kappa shape index (κ2) is 8.29. The van der Waals surface area contributed by atoms with Crippen molar-refractivity contribution in [1.29, 1.82) is 0 Å². The van der Waals surface area contributed by atoms with Crippen LogP contribution >= 0.6 is 0 Å². The first kappa shape index (κ1) is 19.2. The van der Waals surface area contributed by atoms with Crippen LogP contribution in [0.1, 0.15) is 17.3 Å². The summed E-state index contributed by atoms with van der Waals surface area (Å²) in [5.74, 6) is 1.56. The summed E-state index contributed by atoms with van der Waals surface area (Å²) in [6.07, 6.45) is 5.04. The highest BCUT2D eigenvalue weighted by Crippen LogP contribution is 2.17. The van der Waals surface area contributed by atoms with Crippen LogP contribution in [0, 0.1) is 12.3 Å². The molecule has 7 nitrogen and oxygen atoms in total. The molecule has 0 aliphatic carbocycles. The lowest BCUT2D eigenvalue weighted by atomic mass is 10.2. The Kier molecular flexibility index (Phi) is 6.11. The molecule has 0 saturated heterocycles. The summed E-state index contributed by atoms with van der Waals surface area (Å²) in [5.41, 5.74) is 1.33. The van der Waals surface area contributed by atoms with Gasteiger partial charge in [-0.3, -0.25) is 9.59 Å². The highest BCUT2D eigenvalue weighted by atomic mass is 32.2. The number of terminal acetylenes is 1. The maximum atomic E-state index is 12.3. The smallest absolute Gasteiger partial charge is 0.255 e. The van der Waals surface area contributed by atoms with E-state index < -0.39 is 15.9 Å². The Labute approximate surface area is 151 Å². The minimum absolute atomic E-state index is 0.0111. The van der Waals surface area contributed by atoms with Crippen molar-refractivity contribution in [2.24, 2.45) is 0 Å². The minimum Gasteiger partial charge on any atom is -0.326 e. The van der Waals surface area contributed by atoms with Gasteiger partial charge in [0, 0.05) is 23.9 Å². The molecule has 2 amide bonds. The number of sulfonamides is 1. The number of nitrogens with one attached hydrogen (secondary N) is 3. The van der Waals surface area contributed by atoms with Gasteiger partial charge in [-0.05, 0) is 42.5 Å². The van der Waals surface area contributed by atoms with Gasteiger partial charge in [-0.25, -0.2) is 8.42 Å². The van der Waals surface area contributed by atoms with Gasteiger partial charge in [-0.15, -0.1) is 6.42 Å². The maximum Gasteiger partial charge on any atom is 0.255 e. The third kappa shape index (κ3) is 5.17. The van der Waals surface area contributed by atoms with Gasteiger partial charge in [0.25, 0.3) is 5.91 Å². The molecule has 3 N–H and O–H groups in total. The van der Waals surface area contributed by atoms with Crippen molar-refractivity contribution in [3.63, 3.8) is 0 Å². The van der Waals surface area contributed by atoms with E-state index >= 15 is 0 Å². The molecule has 0 fully saturated rings. The Bertz CT molecular complexity index is 961. The van der Waals surface area contributed by atoms with Gasteiger partial charge >= 0.3 is 0 Å². The lowest BCUT2D eigenvalue weighted by Crippen LogP contribution is -2.24. The molecular weight excluding hydrogens is 354 g/mol. The molecule has 0 bridgehead atoms. The highest BCUT2D eigenvalue weighted by molar-refractivity contribution is 7.89. The van der Waals surface area contributed by atoms with E-state index in [1.165, 1.54) is 31.2 Å². The molecule has 0 saturated carbocycles. The van der Waals surface area contributed by atoms with Crippen LogP contribution in [-0.2, 0) is 14.8 Å². The van der Waals surface area contributed by atoms with Crippen molar-refractivity contribution < 1.29 is 18.0 Å². The van der Waals surface area contributed by atoms with Crippen LogP contribution in [0.5, 0.6) is 0 Å². The Morgan fingerprint density at radius 2 is 1.65 bits per heavy atom. The molecule has 26 heavy (non-hydrogen) atoms. The second-order valence-electron chi connectivity index (χ2n) is 5.27. The molecule has 2 rings (SSSR count). The molecule has 0 aromatic heterocycles. The van der Waals surface area contributed by atoms with Gasteiger partial charge in [0.05, 0.1) is 11.4 Å². The zero-order chi connectivity index (χ0) is 19.2. The number of anilines is 2. The van der Waals surface area contributed by atoms with Crippen molar-refractivity contribution in [3.8, 4) is 12.3 Å². The summed E-state index contributed by atoms with van der Waals surface area (Å²) < 4.78 is 26.1. The molecule has 0 unspecified atom stereocenters. The van der Waals surface area contributed by atoms with E-state index in [9.17, 15) is 18.0 Å². The largest absolute Gasteiger partial charge is 0.326 e. The number of hydrogen-bond donors (Lipinski definition) is 3. The lowest BCUT2D eigenvalue weighted by Gasteiger charge is -2.09. The van der Waals surface area contributed by atoms with Gasteiger partial charge in [-0.1, -0.05) is 12.0 Å². The minimum atomic E-state index is -3.71. The summed E-state index contributed by atoms with van der Waals surface area (Å²) >= 11 is 0. The molecule has 0 spiro atoms. The fourth-order valence-corrected chi connectivity index (χ4v) is 3.02. The average Bonchev–Trinajstić information content (AvgIpc) is 2.60. The van der Waals surface area contributed by atoms with Gasteiger partial charge in [-0.2, -0.15) is 4.72 Å². The van der Waals surface area contributed by atoms with Crippen LogP contribution in [-0.4, -0.2) is 26.8 Å². The zero-order valence-corrected chi connectivity index (χ0v) is 14.8. The number of carbonyl (C=O) groups excluding carboxylic acids is 2. The fraction of sp³-hybridized carbons (Fsp3) is 0.111. The van der Waals surface area contributed by atoms with Crippen LogP contribution in [0.3, 0.4) is 0 Å². The van der Waals surface area contributed by atoms with Gasteiger partial charge in [0.1, 0.15) is 0 Å². The van der Waals surface area contributed by atoms with Gasteiger partial charge in [0.2, 0.25) is 15.9 Å². The van der Waals surface area contributed by atoms with Crippen molar-refractivity contribution in [2.75, 3.05) is 17.2 Å².